The summed E-state index contributed by atoms with van der Waals surface area (Å²) < 4.78 is 4.36. The van der Waals surface area contributed by atoms with Crippen LogP contribution in [0.4, 0.5) is 0 Å². The van der Waals surface area contributed by atoms with E-state index in [4.69, 9.17) is 0 Å². The monoisotopic (exact) mass is 366 g/mol. The number of fused-ring (bicyclic) bond motifs is 1. The van der Waals surface area contributed by atoms with Crippen molar-refractivity contribution in [3.05, 3.63) is 27.5 Å². The third kappa shape index (κ3) is 2.99. The normalized spacial score (nSPS) is 17.5. The van der Waals surface area contributed by atoms with Crippen molar-refractivity contribution >= 4 is 43.4 Å². The largest absolute Gasteiger partial charge is 0.316 e. The van der Waals surface area contributed by atoms with Crippen molar-refractivity contribution in [1.82, 2.24) is 4.57 Å². The van der Waals surface area contributed by atoms with Gasteiger partial charge in [-0.3, -0.25) is 4.79 Å². The topological polar surface area (TPSA) is 34.4 Å². The van der Waals surface area contributed by atoms with Crippen LogP contribution in [0.15, 0.2) is 27.7 Å². The van der Waals surface area contributed by atoms with Crippen LogP contribution < -0.4 is 4.80 Å². The number of hydrogen-bond donors (Lipinski definition) is 0. The van der Waals surface area contributed by atoms with Crippen LogP contribution in [0.25, 0.3) is 10.2 Å². The first-order chi connectivity index (χ1) is 10.2. The van der Waals surface area contributed by atoms with E-state index in [1.807, 2.05) is 12.1 Å². The lowest BCUT2D eigenvalue weighted by Crippen LogP contribution is -2.21. The lowest BCUT2D eigenvalue weighted by atomic mass is 9.89. The van der Waals surface area contributed by atoms with Gasteiger partial charge in [-0.15, -0.1) is 0 Å². The molecule has 0 aliphatic heterocycles. The van der Waals surface area contributed by atoms with Crippen molar-refractivity contribution in [2.45, 2.75) is 45.6 Å². The minimum Gasteiger partial charge on any atom is -0.316 e. The molecule has 1 aromatic carbocycles. The molecule has 0 radical (unpaired) electrons. The molecule has 112 valence electrons. The van der Waals surface area contributed by atoms with Gasteiger partial charge in [0.15, 0.2) is 4.80 Å². The number of nitrogens with zero attached hydrogens (tertiary/aromatic N) is 2. The van der Waals surface area contributed by atoms with Crippen LogP contribution in [0.2, 0.25) is 0 Å². The van der Waals surface area contributed by atoms with Gasteiger partial charge in [0.1, 0.15) is 0 Å². The molecular weight excluding hydrogens is 348 g/mol. The average molecular weight is 367 g/mol. The maximum atomic E-state index is 12.4. The number of hydrogen-bond acceptors (Lipinski definition) is 2. The van der Waals surface area contributed by atoms with Gasteiger partial charge < -0.3 is 4.57 Å². The van der Waals surface area contributed by atoms with Gasteiger partial charge in [-0.25, -0.2) is 0 Å². The zero-order valence-corrected chi connectivity index (χ0v) is 14.5. The summed E-state index contributed by atoms with van der Waals surface area (Å²) in [5.41, 5.74) is 1.14. The van der Waals surface area contributed by atoms with Crippen LogP contribution >= 0.6 is 27.3 Å². The Labute approximate surface area is 136 Å². The minimum absolute atomic E-state index is 0.0691. The van der Waals surface area contributed by atoms with Crippen molar-refractivity contribution in [2.75, 3.05) is 0 Å². The van der Waals surface area contributed by atoms with E-state index in [1.54, 1.807) is 11.3 Å². The van der Waals surface area contributed by atoms with E-state index >= 15 is 0 Å². The smallest absolute Gasteiger partial charge is 0.251 e. The Morgan fingerprint density at radius 3 is 2.86 bits per heavy atom. The summed E-state index contributed by atoms with van der Waals surface area (Å²) in [7, 11) is 0. The summed E-state index contributed by atoms with van der Waals surface area (Å²) in [6.45, 7) is 2.91. The number of halogens is 1. The molecule has 1 aromatic heterocycles. The molecular formula is C16H19BrN2OS. The van der Waals surface area contributed by atoms with E-state index in [9.17, 15) is 4.79 Å². The van der Waals surface area contributed by atoms with E-state index in [2.05, 4.69) is 38.5 Å². The van der Waals surface area contributed by atoms with Gasteiger partial charge in [0.2, 0.25) is 0 Å². The molecule has 5 heteroatoms. The van der Waals surface area contributed by atoms with Crippen LogP contribution in [0.3, 0.4) is 0 Å². The summed E-state index contributed by atoms with van der Waals surface area (Å²) in [6.07, 6.45) is 5.59. The molecule has 2 aromatic rings. The molecule has 21 heavy (non-hydrogen) atoms. The number of rotatable bonds is 2. The number of amides is 1. The van der Waals surface area contributed by atoms with Gasteiger partial charge in [-0.1, -0.05) is 36.7 Å². The maximum Gasteiger partial charge on any atom is 0.251 e. The van der Waals surface area contributed by atoms with Crippen molar-refractivity contribution in [1.29, 1.82) is 0 Å². The Hall–Kier alpha value is -0.940. The first-order valence-electron chi connectivity index (χ1n) is 7.57. The predicted molar refractivity (Wildman–Crippen MR) is 90.3 cm³/mol. The van der Waals surface area contributed by atoms with E-state index in [0.29, 0.717) is 0 Å². The Kier molecular flexibility index (Phi) is 4.60. The number of para-hydroxylation sites is 1. The van der Waals surface area contributed by atoms with E-state index in [-0.39, 0.29) is 11.8 Å². The van der Waals surface area contributed by atoms with E-state index < -0.39 is 0 Å². The fraction of sp³-hybridized carbons (Fsp3) is 0.500. The fourth-order valence-electron chi connectivity index (χ4n) is 3.00. The maximum absolute atomic E-state index is 12.4. The highest BCUT2D eigenvalue weighted by atomic mass is 79.9. The molecule has 1 heterocycles. The van der Waals surface area contributed by atoms with Gasteiger partial charge in [0, 0.05) is 16.9 Å². The molecule has 1 saturated carbocycles. The van der Waals surface area contributed by atoms with Gasteiger partial charge in [-0.05, 0) is 47.8 Å². The van der Waals surface area contributed by atoms with Gasteiger partial charge in [-0.2, -0.15) is 4.99 Å². The number of thiazole rings is 1. The van der Waals surface area contributed by atoms with Gasteiger partial charge >= 0.3 is 0 Å². The van der Waals surface area contributed by atoms with Gasteiger partial charge in [0.05, 0.1) is 10.2 Å². The van der Waals surface area contributed by atoms with Crippen LogP contribution in [0.1, 0.15) is 39.0 Å². The Balaban J connectivity index is 2.05. The molecule has 3 rings (SSSR count). The van der Waals surface area contributed by atoms with Crippen LogP contribution in [-0.2, 0) is 11.3 Å². The second-order valence-electron chi connectivity index (χ2n) is 5.50. The molecule has 1 aliphatic carbocycles. The standard InChI is InChI=1S/C16H19BrN2OS/c1-2-19-14-12(17)9-6-10-13(14)21-16(19)18-15(20)11-7-4-3-5-8-11/h6,9-11H,2-5,7-8H2,1H3. The molecule has 0 spiro atoms. The SMILES string of the molecule is CCn1c(=NC(=O)C2CCCCC2)sc2cccc(Br)c21. The number of aromatic nitrogens is 1. The molecule has 1 amide bonds. The third-order valence-corrected chi connectivity index (χ3v) is 5.81. The summed E-state index contributed by atoms with van der Waals surface area (Å²) in [5.74, 6) is 0.206. The highest BCUT2D eigenvalue weighted by molar-refractivity contribution is 9.10. The molecule has 3 nitrogen and oxygen atoms in total. The first kappa shape index (κ1) is 15.0. The Morgan fingerprint density at radius 2 is 2.14 bits per heavy atom. The molecule has 0 bridgehead atoms. The quantitative estimate of drug-likeness (QED) is 0.770. The highest BCUT2D eigenvalue weighted by Crippen LogP contribution is 2.27. The van der Waals surface area contributed by atoms with Crippen LogP contribution in [-0.4, -0.2) is 10.5 Å². The summed E-state index contributed by atoms with van der Waals surface area (Å²) in [4.78, 5) is 17.7. The summed E-state index contributed by atoms with van der Waals surface area (Å²) in [5, 5.41) is 0. The average Bonchev–Trinajstić information content (AvgIpc) is 2.86. The van der Waals surface area contributed by atoms with E-state index in [0.717, 1.165) is 47.0 Å². The molecule has 0 unspecified atom stereocenters. The molecule has 0 N–H and O–H groups in total. The van der Waals surface area contributed by atoms with Crippen molar-refractivity contribution in [3.63, 3.8) is 0 Å². The van der Waals surface area contributed by atoms with Crippen molar-refractivity contribution in [2.24, 2.45) is 10.9 Å². The number of carbonyl (C=O) groups is 1. The number of carbonyl (C=O) groups excluding carboxylic acids is 1. The highest BCUT2D eigenvalue weighted by Gasteiger charge is 2.21. The van der Waals surface area contributed by atoms with Crippen LogP contribution in [0.5, 0.6) is 0 Å². The summed E-state index contributed by atoms with van der Waals surface area (Å²) in [6, 6.07) is 6.14. The molecule has 0 saturated heterocycles. The predicted octanol–water partition coefficient (Wildman–Crippen LogP) is 4.49. The lowest BCUT2D eigenvalue weighted by Gasteiger charge is -2.17. The fourth-order valence-corrected chi connectivity index (χ4v) is 4.84. The number of aryl methyl sites for hydroxylation is 1. The summed E-state index contributed by atoms with van der Waals surface area (Å²) >= 11 is 5.20. The lowest BCUT2D eigenvalue weighted by molar-refractivity contribution is -0.122. The number of benzene rings is 1. The Bertz CT molecular complexity index is 725. The minimum atomic E-state index is 0.0691. The molecule has 1 fully saturated rings. The zero-order chi connectivity index (χ0) is 14.8. The Morgan fingerprint density at radius 1 is 1.38 bits per heavy atom. The molecule has 1 aliphatic rings. The van der Waals surface area contributed by atoms with Gasteiger partial charge in [0.25, 0.3) is 5.91 Å². The van der Waals surface area contributed by atoms with E-state index in [1.165, 1.54) is 11.1 Å². The van der Waals surface area contributed by atoms with Crippen molar-refractivity contribution in [3.8, 4) is 0 Å². The third-order valence-electron chi connectivity index (χ3n) is 4.13. The molecule has 0 atom stereocenters. The van der Waals surface area contributed by atoms with Crippen LogP contribution in [0, 0.1) is 5.92 Å². The first-order valence-corrected chi connectivity index (χ1v) is 9.18. The van der Waals surface area contributed by atoms with Crippen molar-refractivity contribution < 1.29 is 4.79 Å². The second kappa shape index (κ2) is 6.44. The zero-order valence-electron chi connectivity index (χ0n) is 12.1. The second-order valence-corrected chi connectivity index (χ2v) is 7.36.